The van der Waals surface area contributed by atoms with Crippen LogP contribution >= 0.6 is 0 Å². The molecule has 0 aliphatic rings. The summed E-state index contributed by atoms with van der Waals surface area (Å²) in [5, 5.41) is 0. The zero-order valence-corrected chi connectivity index (χ0v) is 14.8. The topological polar surface area (TPSA) is 57.6 Å². The highest BCUT2D eigenvalue weighted by Gasteiger charge is 2.17. The Hall–Kier alpha value is -0.130. The Morgan fingerprint density at radius 2 is 1.05 bits per heavy atom. The average molecular weight is 322 g/mol. The molecule has 0 fully saturated rings. The molecule has 0 amide bonds. The maximum absolute atomic E-state index is 11.2. The van der Waals surface area contributed by atoms with Gasteiger partial charge in [0.25, 0.3) is 0 Å². The Morgan fingerprint density at radius 1 is 0.667 bits per heavy atom. The van der Waals surface area contributed by atoms with E-state index in [1.165, 1.54) is 55.7 Å². The molecule has 5 heteroatoms. The van der Waals surface area contributed by atoms with Gasteiger partial charge in [0.1, 0.15) is 0 Å². The maximum Gasteiger partial charge on any atom is 0.335 e. The lowest BCUT2D eigenvalue weighted by atomic mass is 10.1. The first-order valence-corrected chi connectivity index (χ1v) is 10.1. The van der Waals surface area contributed by atoms with E-state index in [4.69, 9.17) is 4.55 Å². The SMILES string of the molecule is CCCCCCCCCCCCN(CCCC)S(=O)(=O)O. The molecule has 0 aliphatic carbocycles. The quantitative estimate of drug-likeness (QED) is 0.348. The first kappa shape index (κ1) is 20.9. The fraction of sp³-hybridized carbons (Fsp3) is 1.00. The van der Waals surface area contributed by atoms with E-state index in [2.05, 4.69) is 6.92 Å². The minimum Gasteiger partial charge on any atom is -0.273 e. The summed E-state index contributed by atoms with van der Waals surface area (Å²) in [6.45, 7) is 5.14. The Bertz CT molecular complexity index is 317. The zero-order valence-electron chi connectivity index (χ0n) is 14.0. The van der Waals surface area contributed by atoms with E-state index in [-0.39, 0.29) is 0 Å². The highest BCUT2D eigenvalue weighted by molar-refractivity contribution is 7.83. The number of hydrogen-bond donors (Lipinski definition) is 1. The number of unbranched alkanes of at least 4 members (excludes halogenated alkanes) is 10. The van der Waals surface area contributed by atoms with Crippen LogP contribution in [-0.2, 0) is 10.3 Å². The van der Waals surface area contributed by atoms with Crippen LogP contribution in [0.1, 0.15) is 90.9 Å². The molecular formula is C16H35NO3S. The molecule has 0 bridgehead atoms. The molecule has 1 N–H and O–H groups in total. The molecule has 128 valence electrons. The van der Waals surface area contributed by atoms with Gasteiger partial charge in [0, 0.05) is 13.1 Å². The third kappa shape index (κ3) is 13.3. The first-order valence-electron chi connectivity index (χ1n) is 8.75. The molecule has 0 atom stereocenters. The van der Waals surface area contributed by atoms with E-state index in [1.807, 2.05) is 6.92 Å². The Balaban J connectivity index is 3.54. The van der Waals surface area contributed by atoms with Crippen molar-refractivity contribution in [1.82, 2.24) is 4.31 Å². The summed E-state index contributed by atoms with van der Waals surface area (Å²) < 4.78 is 32.8. The highest BCUT2D eigenvalue weighted by atomic mass is 32.2. The molecular weight excluding hydrogens is 286 g/mol. The van der Waals surface area contributed by atoms with Crippen molar-refractivity contribution in [3.8, 4) is 0 Å². The van der Waals surface area contributed by atoms with Crippen LogP contribution in [0.2, 0.25) is 0 Å². The summed E-state index contributed by atoms with van der Waals surface area (Å²) in [5.41, 5.74) is 0. The van der Waals surface area contributed by atoms with Gasteiger partial charge >= 0.3 is 10.3 Å². The second kappa shape index (κ2) is 13.5. The maximum atomic E-state index is 11.2. The largest absolute Gasteiger partial charge is 0.335 e. The third-order valence-electron chi connectivity index (χ3n) is 3.85. The minimum absolute atomic E-state index is 0.437. The summed E-state index contributed by atoms with van der Waals surface area (Å²) in [5.74, 6) is 0. The molecule has 21 heavy (non-hydrogen) atoms. The molecule has 0 radical (unpaired) electrons. The monoisotopic (exact) mass is 321 g/mol. The predicted molar refractivity (Wildman–Crippen MR) is 89.9 cm³/mol. The second-order valence-corrected chi connectivity index (χ2v) is 7.32. The molecule has 0 unspecified atom stereocenters. The summed E-state index contributed by atoms with van der Waals surface area (Å²) in [6, 6.07) is 0. The lowest BCUT2D eigenvalue weighted by molar-refractivity contribution is 0.339. The van der Waals surface area contributed by atoms with Crippen molar-refractivity contribution in [2.45, 2.75) is 90.9 Å². The number of rotatable bonds is 15. The highest BCUT2D eigenvalue weighted by Crippen LogP contribution is 2.11. The van der Waals surface area contributed by atoms with Crippen molar-refractivity contribution in [3.05, 3.63) is 0 Å². The van der Waals surface area contributed by atoms with Gasteiger partial charge in [0.15, 0.2) is 0 Å². The molecule has 4 nitrogen and oxygen atoms in total. The van der Waals surface area contributed by atoms with E-state index in [0.717, 1.165) is 25.7 Å². The van der Waals surface area contributed by atoms with Gasteiger partial charge in [-0.05, 0) is 12.8 Å². The third-order valence-corrected chi connectivity index (χ3v) is 4.87. The van der Waals surface area contributed by atoms with E-state index < -0.39 is 10.3 Å². The predicted octanol–water partition coefficient (Wildman–Crippen LogP) is 4.81. The van der Waals surface area contributed by atoms with Gasteiger partial charge in [-0.2, -0.15) is 12.7 Å². The molecule has 0 rings (SSSR count). The van der Waals surface area contributed by atoms with Crippen molar-refractivity contribution >= 4 is 10.3 Å². The van der Waals surface area contributed by atoms with Crippen molar-refractivity contribution in [2.24, 2.45) is 0 Å². The average Bonchev–Trinajstić information content (AvgIpc) is 2.42. The van der Waals surface area contributed by atoms with Crippen LogP contribution in [0.5, 0.6) is 0 Å². The van der Waals surface area contributed by atoms with Crippen LogP contribution in [-0.4, -0.2) is 30.4 Å². The molecule has 0 saturated carbocycles. The van der Waals surface area contributed by atoms with Crippen molar-refractivity contribution in [2.75, 3.05) is 13.1 Å². The van der Waals surface area contributed by atoms with Gasteiger partial charge in [0.05, 0.1) is 0 Å². The molecule has 0 saturated heterocycles. The number of hydrogen-bond acceptors (Lipinski definition) is 2. The molecule has 0 aromatic heterocycles. The smallest absolute Gasteiger partial charge is 0.273 e. The van der Waals surface area contributed by atoms with Crippen LogP contribution in [0.3, 0.4) is 0 Å². The Kier molecular flexibility index (Phi) is 13.4. The molecule has 0 aliphatic heterocycles. The standard InChI is InChI=1S/C16H35NO3S/c1-3-5-7-8-9-10-11-12-13-14-16-17(15-6-4-2)21(18,19)20/h3-16H2,1-2H3,(H,18,19,20). The lowest BCUT2D eigenvalue weighted by Gasteiger charge is -2.17. The summed E-state index contributed by atoms with van der Waals surface area (Å²) in [6.07, 6.45) is 14.0. The molecule has 0 spiro atoms. The van der Waals surface area contributed by atoms with Crippen molar-refractivity contribution < 1.29 is 13.0 Å². The minimum atomic E-state index is -4.01. The van der Waals surface area contributed by atoms with Crippen LogP contribution in [0.15, 0.2) is 0 Å². The first-order chi connectivity index (χ1) is 10.0. The molecule has 0 aromatic rings. The molecule has 0 aromatic carbocycles. The van der Waals surface area contributed by atoms with Crippen LogP contribution in [0, 0.1) is 0 Å². The van der Waals surface area contributed by atoms with E-state index in [0.29, 0.717) is 13.1 Å². The van der Waals surface area contributed by atoms with E-state index in [1.54, 1.807) is 0 Å². The van der Waals surface area contributed by atoms with E-state index >= 15 is 0 Å². The lowest BCUT2D eigenvalue weighted by Crippen LogP contribution is -2.32. The van der Waals surface area contributed by atoms with Crippen molar-refractivity contribution in [1.29, 1.82) is 0 Å². The normalized spacial score (nSPS) is 12.2. The molecule has 0 heterocycles. The fourth-order valence-electron chi connectivity index (χ4n) is 2.45. The second-order valence-electron chi connectivity index (χ2n) is 5.91. The van der Waals surface area contributed by atoms with Gasteiger partial charge < -0.3 is 0 Å². The van der Waals surface area contributed by atoms with Gasteiger partial charge in [-0.15, -0.1) is 0 Å². The zero-order chi connectivity index (χ0) is 16.0. The summed E-state index contributed by atoms with van der Waals surface area (Å²) in [7, 11) is -4.01. The van der Waals surface area contributed by atoms with Gasteiger partial charge in [-0.1, -0.05) is 78.1 Å². The Morgan fingerprint density at radius 3 is 1.48 bits per heavy atom. The van der Waals surface area contributed by atoms with Crippen LogP contribution in [0.4, 0.5) is 0 Å². The van der Waals surface area contributed by atoms with Gasteiger partial charge in [-0.25, -0.2) is 0 Å². The number of nitrogens with zero attached hydrogens (tertiary/aromatic N) is 1. The van der Waals surface area contributed by atoms with Crippen molar-refractivity contribution in [3.63, 3.8) is 0 Å². The van der Waals surface area contributed by atoms with Crippen LogP contribution < -0.4 is 0 Å². The van der Waals surface area contributed by atoms with Gasteiger partial charge in [0.2, 0.25) is 0 Å². The Labute approximate surface area is 132 Å². The summed E-state index contributed by atoms with van der Waals surface area (Å²) >= 11 is 0. The fourth-order valence-corrected chi connectivity index (χ4v) is 3.17. The van der Waals surface area contributed by atoms with Crippen LogP contribution in [0.25, 0.3) is 0 Å². The van der Waals surface area contributed by atoms with E-state index in [9.17, 15) is 8.42 Å². The summed E-state index contributed by atoms with van der Waals surface area (Å²) in [4.78, 5) is 0. The van der Waals surface area contributed by atoms with Gasteiger partial charge in [-0.3, -0.25) is 4.55 Å².